The Morgan fingerprint density at radius 1 is 1.12 bits per heavy atom. The lowest BCUT2D eigenvalue weighted by Gasteiger charge is -2.39. The molecule has 1 saturated carbocycles. The SMILES string of the molecule is CC(=O)N[C@@H]1C[C@H](c2ccc(-c3cccc(F)c3)cc2)O[C@@H]2CCC[C@@H]12. The van der Waals surface area contributed by atoms with Crippen LogP contribution in [0.5, 0.6) is 0 Å². The van der Waals surface area contributed by atoms with E-state index in [-0.39, 0.29) is 30.0 Å². The van der Waals surface area contributed by atoms with Crippen molar-refractivity contribution in [1.29, 1.82) is 0 Å². The van der Waals surface area contributed by atoms with E-state index in [2.05, 4.69) is 17.4 Å². The van der Waals surface area contributed by atoms with Crippen molar-refractivity contribution in [3.05, 3.63) is 59.9 Å². The highest BCUT2D eigenvalue weighted by Gasteiger charge is 2.42. The Balaban J connectivity index is 1.54. The van der Waals surface area contributed by atoms with E-state index in [4.69, 9.17) is 4.74 Å². The second-order valence-corrected chi connectivity index (χ2v) is 7.43. The summed E-state index contributed by atoms with van der Waals surface area (Å²) in [6.07, 6.45) is 4.39. The van der Waals surface area contributed by atoms with Crippen LogP contribution in [0.1, 0.15) is 44.3 Å². The van der Waals surface area contributed by atoms with Gasteiger partial charge >= 0.3 is 0 Å². The monoisotopic (exact) mass is 353 g/mol. The molecule has 1 aliphatic carbocycles. The lowest BCUT2D eigenvalue weighted by molar-refractivity contribution is -0.124. The van der Waals surface area contributed by atoms with Gasteiger partial charge in [-0.05, 0) is 48.1 Å². The van der Waals surface area contributed by atoms with E-state index in [1.54, 1.807) is 19.1 Å². The van der Waals surface area contributed by atoms with Gasteiger partial charge in [0.05, 0.1) is 12.2 Å². The molecule has 2 aliphatic rings. The Kier molecular flexibility index (Phi) is 4.77. The van der Waals surface area contributed by atoms with Crippen molar-refractivity contribution in [3.8, 4) is 11.1 Å². The zero-order chi connectivity index (χ0) is 18.1. The highest BCUT2D eigenvalue weighted by Crippen LogP contribution is 2.42. The molecule has 2 aromatic rings. The number of hydrogen-bond donors (Lipinski definition) is 1. The molecule has 2 fully saturated rings. The van der Waals surface area contributed by atoms with Crippen molar-refractivity contribution < 1.29 is 13.9 Å². The van der Waals surface area contributed by atoms with Crippen LogP contribution in [-0.2, 0) is 9.53 Å². The van der Waals surface area contributed by atoms with Gasteiger partial charge in [-0.25, -0.2) is 4.39 Å². The molecule has 0 radical (unpaired) electrons. The van der Waals surface area contributed by atoms with E-state index in [1.165, 1.54) is 6.07 Å². The quantitative estimate of drug-likeness (QED) is 0.874. The Labute approximate surface area is 153 Å². The van der Waals surface area contributed by atoms with Gasteiger partial charge in [0, 0.05) is 18.9 Å². The normalized spacial score (nSPS) is 27.8. The summed E-state index contributed by atoms with van der Waals surface area (Å²) in [6.45, 7) is 1.59. The van der Waals surface area contributed by atoms with Crippen molar-refractivity contribution in [1.82, 2.24) is 5.32 Å². The van der Waals surface area contributed by atoms with Crippen molar-refractivity contribution in [3.63, 3.8) is 0 Å². The first kappa shape index (κ1) is 17.2. The molecule has 136 valence electrons. The van der Waals surface area contributed by atoms with Gasteiger partial charge in [-0.2, -0.15) is 0 Å². The van der Waals surface area contributed by atoms with E-state index in [0.717, 1.165) is 42.4 Å². The summed E-state index contributed by atoms with van der Waals surface area (Å²) in [6, 6.07) is 15.0. The highest BCUT2D eigenvalue weighted by atomic mass is 19.1. The lowest BCUT2D eigenvalue weighted by atomic mass is 9.86. The van der Waals surface area contributed by atoms with Crippen LogP contribution in [0.25, 0.3) is 11.1 Å². The second kappa shape index (κ2) is 7.20. The number of nitrogens with one attached hydrogen (secondary N) is 1. The van der Waals surface area contributed by atoms with Crippen LogP contribution in [0, 0.1) is 11.7 Å². The lowest BCUT2D eigenvalue weighted by Crippen LogP contribution is -2.47. The first-order chi connectivity index (χ1) is 12.6. The molecule has 1 heterocycles. The molecule has 4 heteroatoms. The minimum atomic E-state index is -0.229. The van der Waals surface area contributed by atoms with Gasteiger partial charge in [0.25, 0.3) is 0 Å². The Bertz CT molecular complexity index is 789. The van der Waals surface area contributed by atoms with Crippen molar-refractivity contribution >= 4 is 5.91 Å². The van der Waals surface area contributed by atoms with Crippen LogP contribution in [0.3, 0.4) is 0 Å². The molecular weight excluding hydrogens is 329 g/mol. The Hall–Kier alpha value is -2.20. The van der Waals surface area contributed by atoms with Gasteiger partial charge in [0.15, 0.2) is 0 Å². The maximum Gasteiger partial charge on any atom is 0.217 e. The number of rotatable bonds is 3. The first-order valence-electron chi connectivity index (χ1n) is 9.38. The summed E-state index contributed by atoms with van der Waals surface area (Å²) in [4.78, 5) is 11.6. The average molecular weight is 353 g/mol. The van der Waals surface area contributed by atoms with Gasteiger partial charge in [0.2, 0.25) is 5.91 Å². The summed E-state index contributed by atoms with van der Waals surface area (Å²) in [5.74, 6) is 0.233. The molecule has 26 heavy (non-hydrogen) atoms. The zero-order valence-corrected chi connectivity index (χ0v) is 15.0. The number of halogens is 1. The molecule has 0 spiro atoms. The van der Waals surface area contributed by atoms with Gasteiger partial charge in [-0.3, -0.25) is 4.79 Å². The second-order valence-electron chi connectivity index (χ2n) is 7.43. The molecule has 2 aromatic carbocycles. The Morgan fingerprint density at radius 3 is 2.65 bits per heavy atom. The highest BCUT2D eigenvalue weighted by molar-refractivity contribution is 5.73. The predicted octanol–water partition coefficient (Wildman–Crippen LogP) is 4.63. The number of hydrogen-bond acceptors (Lipinski definition) is 2. The van der Waals surface area contributed by atoms with Crippen molar-refractivity contribution in [2.24, 2.45) is 5.92 Å². The van der Waals surface area contributed by atoms with Gasteiger partial charge in [0.1, 0.15) is 5.82 Å². The fraction of sp³-hybridized carbons (Fsp3) is 0.409. The first-order valence-corrected chi connectivity index (χ1v) is 9.38. The maximum absolute atomic E-state index is 13.4. The minimum Gasteiger partial charge on any atom is -0.370 e. The summed E-state index contributed by atoms with van der Waals surface area (Å²) >= 11 is 0. The molecular formula is C22H24FNO2. The molecule has 4 atom stereocenters. The van der Waals surface area contributed by atoms with Crippen LogP contribution < -0.4 is 5.32 Å². The molecule has 1 saturated heterocycles. The van der Waals surface area contributed by atoms with Crippen molar-refractivity contribution in [2.45, 2.75) is 50.9 Å². The van der Waals surface area contributed by atoms with Crippen LogP contribution in [0.15, 0.2) is 48.5 Å². The molecule has 1 aliphatic heterocycles. The summed E-state index contributed by atoms with van der Waals surface area (Å²) in [7, 11) is 0. The van der Waals surface area contributed by atoms with Gasteiger partial charge < -0.3 is 10.1 Å². The predicted molar refractivity (Wildman–Crippen MR) is 99.0 cm³/mol. The molecule has 1 N–H and O–H groups in total. The van der Waals surface area contributed by atoms with Crippen molar-refractivity contribution in [2.75, 3.05) is 0 Å². The minimum absolute atomic E-state index is 0.00670. The van der Waals surface area contributed by atoms with Gasteiger partial charge in [-0.1, -0.05) is 42.8 Å². The number of carbonyl (C=O) groups excluding carboxylic acids is 1. The maximum atomic E-state index is 13.4. The zero-order valence-electron chi connectivity index (χ0n) is 15.0. The Morgan fingerprint density at radius 2 is 1.92 bits per heavy atom. The standard InChI is InChI=1S/C22H24FNO2/c1-14(25)24-20-13-22(26-21-7-3-6-19(20)21)16-10-8-15(9-11-16)17-4-2-5-18(23)12-17/h2,4-5,8-12,19-22H,3,6-7,13H2,1H3,(H,24,25)/t19-,20+,21+,22+/m0/s1. The van der Waals surface area contributed by atoms with E-state index < -0.39 is 0 Å². The third-order valence-corrected chi connectivity index (χ3v) is 5.66. The molecule has 0 unspecified atom stereocenters. The van der Waals surface area contributed by atoms with E-state index >= 15 is 0 Å². The third-order valence-electron chi connectivity index (χ3n) is 5.66. The van der Waals surface area contributed by atoms with Crippen LogP contribution in [0.2, 0.25) is 0 Å². The largest absolute Gasteiger partial charge is 0.370 e. The summed E-state index contributed by atoms with van der Waals surface area (Å²) < 4.78 is 19.8. The smallest absolute Gasteiger partial charge is 0.217 e. The fourth-order valence-corrected chi connectivity index (χ4v) is 4.46. The molecule has 4 rings (SSSR count). The molecule has 0 aromatic heterocycles. The van der Waals surface area contributed by atoms with E-state index in [1.807, 2.05) is 18.2 Å². The van der Waals surface area contributed by atoms with E-state index in [9.17, 15) is 9.18 Å². The van der Waals surface area contributed by atoms with Crippen LogP contribution >= 0.6 is 0 Å². The third kappa shape index (κ3) is 3.51. The van der Waals surface area contributed by atoms with E-state index in [0.29, 0.717) is 5.92 Å². The number of benzene rings is 2. The molecule has 1 amide bonds. The average Bonchev–Trinajstić information content (AvgIpc) is 3.10. The number of fused-ring (bicyclic) bond motifs is 1. The molecule has 0 bridgehead atoms. The van der Waals surface area contributed by atoms with Gasteiger partial charge in [-0.15, -0.1) is 0 Å². The summed E-state index contributed by atoms with van der Waals surface area (Å²) in [5.41, 5.74) is 2.97. The fourth-order valence-electron chi connectivity index (χ4n) is 4.46. The van der Waals surface area contributed by atoms with Crippen LogP contribution in [-0.4, -0.2) is 18.1 Å². The topological polar surface area (TPSA) is 38.3 Å². The number of amides is 1. The number of ether oxygens (including phenoxy) is 1. The van der Waals surface area contributed by atoms with Crippen LogP contribution in [0.4, 0.5) is 4.39 Å². The molecule has 3 nitrogen and oxygen atoms in total. The summed E-state index contributed by atoms with van der Waals surface area (Å²) in [5, 5.41) is 3.14. The number of carbonyl (C=O) groups is 1.